The van der Waals surface area contributed by atoms with E-state index in [2.05, 4.69) is 76.4 Å². The van der Waals surface area contributed by atoms with Gasteiger partial charge in [0.2, 0.25) is 0 Å². The highest BCUT2D eigenvalue weighted by Gasteiger charge is 2.29. The number of nitrogens with zero attached hydrogens (tertiary/aromatic N) is 3. The second kappa shape index (κ2) is 9.27. The van der Waals surface area contributed by atoms with Gasteiger partial charge in [0.05, 0.1) is 11.4 Å². The van der Waals surface area contributed by atoms with Gasteiger partial charge < -0.3 is 5.32 Å². The SMILES string of the molecule is CCc1ccc(-n2nc(C3CCN(Cc4ccccc4)CC3)c3c2NCCCC3)cc1. The van der Waals surface area contributed by atoms with Gasteiger partial charge in [0.25, 0.3) is 0 Å². The number of aromatic nitrogens is 2. The van der Waals surface area contributed by atoms with Gasteiger partial charge in [-0.25, -0.2) is 4.68 Å². The molecule has 0 radical (unpaired) electrons. The zero-order valence-electron chi connectivity index (χ0n) is 18.7. The van der Waals surface area contributed by atoms with Crippen LogP contribution in [0.5, 0.6) is 0 Å². The summed E-state index contributed by atoms with van der Waals surface area (Å²) in [4.78, 5) is 2.60. The summed E-state index contributed by atoms with van der Waals surface area (Å²) in [6, 6.07) is 19.8. The fourth-order valence-electron chi connectivity index (χ4n) is 5.12. The number of rotatable bonds is 5. The van der Waals surface area contributed by atoms with E-state index in [1.54, 1.807) is 0 Å². The molecule has 4 heteroatoms. The van der Waals surface area contributed by atoms with Gasteiger partial charge in [-0.05, 0) is 74.9 Å². The molecule has 3 aromatic rings. The number of likely N-dealkylation sites (tertiary alicyclic amines) is 1. The standard InChI is InChI=1S/C27H34N4/c1-2-21-11-13-24(14-12-21)31-27-25(10-6-7-17-28-27)26(29-31)23-15-18-30(19-16-23)20-22-8-4-3-5-9-22/h3-5,8-9,11-14,23,28H,2,6-7,10,15-20H2,1H3. The Morgan fingerprint density at radius 3 is 2.45 bits per heavy atom. The number of nitrogens with one attached hydrogen (secondary N) is 1. The predicted octanol–water partition coefficient (Wildman–Crippen LogP) is 5.56. The molecular weight excluding hydrogens is 380 g/mol. The van der Waals surface area contributed by atoms with E-state index in [1.165, 1.54) is 59.6 Å². The lowest BCUT2D eigenvalue weighted by molar-refractivity contribution is 0.203. The van der Waals surface area contributed by atoms with Crippen molar-refractivity contribution in [2.45, 2.75) is 57.9 Å². The van der Waals surface area contributed by atoms with E-state index < -0.39 is 0 Å². The molecule has 5 rings (SSSR count). The summed E-state index contributed by atoms with van der Waals surface area (Å²) in [6.07, 6.45) is 7.10. The largest absolute Gasteiger partial charge is 0.370 e. The van der Waals surface area contributed by atoms with E-state index >= 15 is 0 Å². The van der Waals surface area contributed by atoms with Crippen molar-refractivity contribution in [2.24, 2.45) is 0 Å². The molecule has 2 aliphatic rings. The number of aryl methyl sites for hydroxylation is 1. The van der Waals surface area contributed by atoms with Gasteiger partial charge in [-0.3, -0.25) is 4.90 Å². The first-order valence-electron chi connectivity index (χ1n) is 12.0. The van der Waals surface area contributed by atoms with E-state index in [0.29, 0.717) is 5.92 Å². The third kappa shape index (κ3) is 4.40. The number of benzene rings is 2. The summed E-state index contributed by atoms with van der Waals surface area (Å²) >= 11 is 0. The van der Waals surface area contributed by atoms with Crippen LogP contribution in [-0.4, -0.2) is 34.3 Å². The zero-order valence-corrected chi connectivity index (χ0v) is 18.7. The van der Waals surface area contributed by atoms with Crippen molar-refractivity contribution in [3.05, 3.63) is 77.0 Å². The lowest BCUT2D eigenvalue weighted by Gasteiger charge is -2.31. The molecule has 2 aromatic carbocycles. The molecule has 3 heterocycles. The molecule has 2 aliphatic heterocycles. The molecule has 0 spiro atoms. The van der Waals surface area contributed by atoms with Crippen molar-refractivity contribution in [1.29, 1.82) is 0 Å². The Morgan fingerprint density at radius 2 is 1.71 bits per heavy atom. The molecule has 4 nitrogen and oxygen atoms in total. The van der Waals surface area contributed by atoms with E-state index in [4.69, 9.17) is 5.10 Å². The third-order valence-corrected chi connectivity index (χ3v) is 6.97. The van der Waals surface area contributed by atoms with Crippen LogP contribution in [0, 0.1) is 0 Å². The van der Waals surface area contributed by atoms with Crippen LogP contribution < -0.4 is 5.32 Å². The lowest BCUT2D eigenvalue weighted by atomic mass is 9.90. The average molecular weight is 415 g/mol. The van der Waals surface area contributed by atoms with Crippen LogP contribution in [0.25, 0.3) is 5.69 Å². The van der Waals surface area contributed by atoms with Crippen molar-refractivity contribution in [3.63, 3.8) is 0 Å². The van der Waals surface area contributed by atoms with Gasteiger partial charge in [-0.1, -0.05) is 49.4 Å². The molecule has 1 N–H and O–H groups in total. The Kier molecular flexibility index (Phi) is 6.08. The van der Waals surface area contributed by atoms with Crippen molar-refractivity contribution in [3.8, 4) is 5.69 Å². The van der Waals surface area contributed by atoms with Crippen LogP contribution in [0.4, 0.5) is 5.82 Å². The number of fused-ring (bicyclic) bond motifs is 1. The molecule has 1 saturated heterocycles. The van der Waals surface area contributed by atoms with Crippen LogP contribution in [0.3, 0.4) is 0 Å². The van der Waals surface area contributed by atoms with Crippen molar-refractivity contribution >= 4 is 5.82 Å². The number of anilines is 1. The van der Waals surface area contributed by atoms with E-state index in [-0.39, 0.29) is 0 Å². The number of hydrogen-bond acceptors (Lipinski definition) is 3. The molecule has 0 bridgehead atoms. The molecule has 0 amide bonds. The highest BCUT2D eigenvalue weighted by atomic mass is 15.3. The van der Waals surface area contributed by atoms with E-state index in [0.717, 1.165) is 39.0 Å². The van der Waals surface area contributed by atoms with Crippen LogP contribution in [0.1, 0.15) is 60.9 Å². The Labute approximate surface area is 186 Å². The predicted molar refractivity (Wildman–Crippen MR) is 128 cm³/mol. The summed E-state index contributed by atoms with van der Waals surface area (Å²) in [5, 5.41) is 8.94. The monoisotopic (exact) mass is 414 g/mol. The summed E-state index contributed by atoms with van der Waals surface area (Å²) in [7, 11) is 0. The minimum Gasteiger partial charge on any atom is -0.370 e. The van der Waals surface area contributed by atoms with Gasteiger partial charge in [0.1, 0.15) is 5.82 Å². The normalized spacial score (nSPS) is 17.7. The second-order valence-corrected chi connectivity index (χ2v) is 9.06. The lowest BCUT2D eigenvalue weighted by Crippen LogP contribution is -2.32. The molecule has 31 heavy (non-hydrogen) atoms. The zero-order chi connectivity index (χ0) is 21.0. The second-order valence-electron chi connectivity index (χ2n) is 9.06. The maximum Gasteiger partial charge on any atom is 0.133 e. The number of hydrogen-bond donors (Lipinski definition) is 1. The third-order valence-electron chi connectivity index (χ3n) is 6.97. The molecule has 1 aromatic heterocycles. The maximum atomic E-state index is 5.23. The molecule has 0 atom stereocenters. The fourth-order valence-corrected chi connectivity index (χ4v) is 5.12. The Hall–Kier alpha value is -2.59. The van der Waals surface area contributed by atoms with Gasteiger partial charge in [0, 0.05) is 24.6 Å². The van der Waals surface area contributed by atoms with Crippen LogP contribution in [0.2, 0.25) is 0 Å². The molecule has 0 unspecified atom stereocenters. The average Bonchev–Trinajstić information content (AvgIpc) is 3.01. The Morgan fingerprint density at radius 1 is 0.935 bits per heavy atom. The van der Waals surface area contributed by atoms with Crippen molar-refractivity contribution in [1.82, 2.24) is 14.7 Å². The first-order valence-corrected chi connectivity index (χ1v) is 12.0. The van der Waals surface area contributed by atoms with E-state index in [1.807, 2.05) is 0 Å². The summed E-state index contributed by atoms with van der Waals surface area (Å²) < 4.78 is 2.19. The Bertz CT molecular complexity index is 982. The fraction of sp³-hybridized carbons (Fsp3) is 0.444. The molecule has 0 saturated carbocycles. The summed E-state index contributed by atoms with van der Waals surface area (Å²) in [5.74, 6) is 1.81. The summed E-state index contributed by atoms with van der Waals surface area (Å²) in [5.41, 5.74) is 6.79. The molecule has 0 aliphatic carbocycles. The van der Waals surface area contributed by atoms with Gasteiger partial charge in [-0.2, -0.15) is 5.10 Å². The molecule has 162 valence electrons. The first kappa shape index (κ1) is 20.3. The van der Waals surface area contributed by atoms with Crippen molar-refractivity contribution < 1.29 is 0 Å². The van der Waals surface area contributed by atoms with Gasteiger partial charge >= 0.3 is 0 Å². The topological polar surface area (TPSA) is 33.1 Å². The molecular formula is C27H34N4. The van der Waals surface area contributed by atoms with E-state index in [9.17, 15) is 0 Å². The van der Waals surface area contributed by atoms with Crippen LogP contribution in [-0.2, 0) is 19.4 Å². The van der Waals surface area contributed by atoms with Crippen LogP contribution in [0.15, 0.2) is 54.6 Å². The van der Waals surface area contributed by atoms with Gasteiger partial charge in [0.15, 0.2) is 0 Å². The smallest absolute Gasteiger partial charge is 0.133 e. The quantitative estimate of drug-likeness (QED) is 0.593. The van der Waals surface area contributed by atoms with Crippen LogP contribution >= 0.6 is 0 Å². The van der Waals surface area contributed by atoms with Crippen molar-refractivity contribution in [2.75, 3.05) is 25.0 Å². The minimum absolute atomic E-state index is 0.567. The van der Waals surface area contributed by atoms with Gasteiger partial charge in [-0.15, -0.1) is 0 Å². The Balaban J connectivity index is 1.37. The summed E-state index contributed by atoms with van der Waals surface area (Å²) in [6.45, 7) is 6.62. The molecule has 1 fully saturated rings. The highest BCUT2D eigenvalue weighted by molar-refractivity contribution is 5.55. The number of piperidine rings is 1. The highest BCUT2D eigenvalue weighted by Crippen LogP contribution is 2.36. The maximum absolute atomic E-state index is 5.23. The first-order chi connectivity index (χ1) is 15.3. The minimum atomic E-state index is 0.567.